The number of halogens is 2. The van der Waals surface area contributed by atoms with Gasteiger partial charge in [-0.05, 0) is 35.1 Å². The second-order valence-electron chi connectivity index (χ2n) is 4.83. The van der Waals surface area contributed by atoms with Gasteiger partial charge in [0.25, 0.3) is 5.91 Å². The Morgan fingerprint density at radius 2 is 2.22 bits per heavy atom. The zero-order valence-corrected chi connectivity index (χ0v) is 11.7. The molecule has 0 bridgehead atoms. The Labute approximate surface area is 143 Å². The molecule has 0 aliphatic carbocycles. The maximum atomic E-state index is 13.4. The zero-order chi connectivity index (χ0) is 23.3. The molecule has 0 fully saturated rings. The SMILES string of the molecule is [2H]C1=C(C([2H])([2H])[2H])C=[N+]2C(=NC(C([2H])([2H])[2H])=C2C(=O)NCc2cc(F)cc(F)c2)C1[2H]. The van der Waals surface area contributed by atoms with Gasteiger partial charge in [0, 0.05) is 29.1 Å². The highest BCUT2D eigenvalue weighted by molar-refractivity contribution is 6.00. The van der Waals surface area contributed by atoms with E-state index in [4.69, 9.17) is 11.0 Å². The third-order valence-electron chi connectivity index (χ3n) is 3.14. The molecule has 1 aromatic carbocycles. The first-order valence-corrected chi connectivity index (χ1v) is 6.54. The molecule has 0 radical (unpaired) electrons. The molecule has 23 heavy (non-hydrogen) atoms. The van der Waals surface area contributed by atoms with Crippen LogP contribution in [0.15, 0.2) is 46.2 Å². The van der Waals surface area contributed by atoms with Crippen LogP contribution in [0, 0.1) is 11.6 Å². The van der Waals surface area contributed by atoms with Gasteiger partial charge in [-0.25, -0.2) is 8.78 Å². The van der Waals surface area contributed by atoms with Crippen molar-refractivity contribution >= 4 is 18.0 Å². The van der Waals surface area contributed by atoms with Crippen LogP contribution >= 0.6 is 0 Å². The average molecular weight is 324 g/mol. The molecule has 2 aliphatic rings. The Hall–Kier alpha value is -2.63. The van der Waals surface area contributed by atoms with Crippen molar-refractivity contribution in [3.8, 4) is 0 Å². The molecule has 1 atom stereocenters. The highest BCUT2D eigenvalue weighted by Crippen LogP contribution is 2.21. The van der Waals surface area contributed by atoms with Gasteiger partial charge in [-0.3, -0.25) is 4.79 Å². The Bertz CT molecular complexity index is 1070. The van der Waals surface area contributed by atoms with Crippen LogP contribution in [0.1, 0.15) is 36.6 Å². The van der Waals surface area contributed by atoms with Crippen LogP contribution in [0.2, 0.25) is 0 Å². The first-order valence-electron chi connectivity index (χ1n) is 10.6. The minimum absolute atomic E-state index is 0.0681. The van der Waals surface area contributed by atoms with E-state index in [0.717, 1.165) is 22.9 Å². The maximum absolute atomic E-state index is 13.4. The number of benzene rings is 1. The van der Waals surface area contributed by atoms with Crippen molar-refractivity contribution in [3.05, 3.63) is 58.4 Å². The lowest BCUT2D eigenvalue weighted by Gasteiger charge is -2.09. The van der Waals surface area contributed by atoms with E-state index in [1.54, 1.807) is 0 Å². The summed E-state index contributed by atoms with van der Waals surface area (Å²) in [6, 6.07) is 2.02. The summed E-state index contributed by atoms with van der Waals surface area (Å²) in [5, 5.41) is 2.33. The van der Waals surface area contributed by atoms with Crippen molar-refractivity contribution in [2.75, 3.05) is 0 Å². The molecule has 4 nitrogen and oxygen atoms in total. The van der Waals surface area contributed by atoms with Gasteiger partial charge in [-0.2, -0.15) is 4.58 Å². The highest BCUT2D eigenvalue weighted by atomic mass is 19.1. The zero-order valence-electron chi connectivity index (χ0n) is 19.7. The lowest BCUT2D eigenvalue weighted by molar-refractivity contribution is -0.337. The lowest BCUT2D eigenvalue weighted by atomic mass is 10.2. The largest absolute Gasteiger partial charge is 0.345 e. The van der Waals surface area contributed by atoms with Gasteiger partial charge in [0.1, 0.15) is 11.6 Å². The van der Waals surface area contributed by atoms with Crippen LogP contribution in [0.4, 0.5) is 8.78 Å². The summed E-state index contributed by atoms with van der Waals surface area (Å²) in [5.74, 6) is -3.03. The molecule has 0 saturated carbocycles. The molecular weight excluding hydrogens is 300 g/mol. The third kappa shape index (κ3) is 3.11. The van der Waals surface area contributed by atoms with E-state index in [-0.39, 0.29) is 17.9 Å². The Morgan fingerprint density at radius 1 is 1.43 bits per heavy atom. The number of aliphatic imine (C=N–C) groups is 1. The van der Waals surface area contributed by atoms with Crippen molar-refractivity contribution in [1.29, 1.82) is 0 Å². The molecule has 1 amide bonds. The predicted octanol–water partition coefficient (Wildman–Crippen LogP) is 2.66. The molecule has 118 valence electrons. The highest BCUT2D eigenvalue weighted by Gasteiger charge is 2.36. The minimum Gasteiger partial charge on any atom is -0.345 e. The van der Waals surface area contributed by atoms with E-state index in [1.165, 1.54) is 0 Å². The average Bonchev–Trinajstić information content (AvgIpc) is 3.01. The first-order chi connectivity index (χ1) is 14.2. The molecule has 2 heterocycles. The van der Waals surface area contributed by atoms with Crippen LogP contribution in [0.25, 0.3) is 0 Å². The second kappa shape index (κ2) is 5.87. The number of hydrogen-bond acceptors (Lipinski definition) is 2. The summed E-state index contributed by atoms with van der Waals surface area (Å²) in [5.41, 5.74) is -1.69. The summed E-state index contributed by atoms with van der Waals surface area (Å²) >= 11 is 0. The molecule has 2 aliphatic heterocycles. The summed E-state index contributed by atoms with van der Waals surface area (Å²) in [7, 11) is 0. The minimum atomic E-state index is -2.89. The maximum Gasteiger partial charge on any atom is 0.308 e. The van der Waals surface area contributed by atoms with Gasteiger partial charge in [-0.1, -0.05) is 6.05 Å². The van der Waals surface area contributed by atoms with Crippen molar-refractivity contribution in [2.45, 2.75) is 26.6 Å². The van der Waals surface area contributed by atoms with Crippen molar-refractivity contribution in [2.24, 2.45) is 4.99 Å². The van der Waals surface area contributed by atoms with Crippen molar-refractivity contribution in [3.63, 3.8) is 0 Å². The topological polar surface area (TPSA) is 44.5 Å². The molecule has 3 rings (SSSR count). The van der Waals surface area contributed by atoms with Crippen LogP contribution in [-0.2, 0) is 11.3 Å². The monoisotopic (exact) mass is 324 g/mol. The fraction of sp³-hybridized carbons (Fsp3) is 0.235. The molecule has 6 heteroatoms. The van der Waals surface area contributed by atoms with Gasteiger partial charge < -0.3 is 5.32 Å². The van der Waals surface area contributed by atoms with E-state index in [1.807, 2.05) is 0 Å². The third-order valence-corrected chi connectivity index (χ3v) is 3.14. The summed E-state index contributed by atoms with van der Waals surface area (Å²) in [4.78, 5) is 16.7. The normalized spacial score (nSPS) is 26.4. The van der Waals surface area contributed by atoms with E-state index in [2.05, 4.69) is 10.3 Å². The number of nitrogens with one attached hydrogen (secondary N) is 1. The molecule has 1 unspecified atom stereocenters. The lowest BCUT2D eigenvalue weighted by Crippen LogP contribution is -2.32. The fourth-order valence-corrected chi connectivity index (χ4v) is 2.19. The van der Waals surface area contributed by atoms with Gasteiger partial charge in [0.15, 0.2) is 0 Å². The fourth-order valence-electron chi connectivity index (χ4n) is 2.19. The molecule has 0 saturated heterocycles. The molecular formula is C17H16F2N3O+. The van der Waals surface area contributed by atoms with E-state index in [0.29, 0.717) is 6.07 Å². The predicted molar refractivity (Wildman–Crippen MR) is 83.0 cm³/mol. The van der Waals surface area contributed by atoms with Gasteiger partial charge in [-0.15, -0.1) is 0 Å². The quantitative estimate of drug-likeness (QED) is 0.854. The Kier molecular flexibility index (Phi) is 2.11. The molecule has 1 N–H and O–H groups in total. The molecule has 0 spiro atoms. The number of allylic oxidation sites excluding steroid dienone is 2. The van der Waals surface area contributed by atoms with Gasteiger partial charge in [0.05, 0.1) is 14.0 Å². The number of rotatable bonds is 3. The van der Waals surface area contributed by atoms with Crippen LogP contribution < -0.4 is 5.32 Å². The van der Waals surface area contributed by atoms with Crippen molar-refractivity contribution < 1.29 is 29.1 Å². The smallest absolute Gasteiger partial charge is 0.308 e. The van der Waals surface area contributed by atoms with E-state index >= 15 is 0 Å². The standard InChI is InChI=1S/C17H15F2N3O/c1-10-3-4-15-21-11(2)16(22(15)9-10)17(23)20-8-12-5-13(18)7-14(19)6-12/h3,5-7,9H,4,8H2,1-2H3/p+1/i1D3,2D3,3D,4D. The molecule has 1 aromatic rings. The number of carbonyl (C=O) groups excluding carboxylic acids is 1. The number of fused-ring (bicyclic) bond motifs is 1. The summed E-state index contributed by atoms with van der Waals surface area (Å²) in [6.07, 6.45) is -0.727. The number of carbonyl (C=O) groups is 1. The molecule has 0 aromatic heterocycles. The number of amidine groups is 1. The summed E-state index contributed by atoms with van der Waals surface area (Å²) < 4.78 is 89.3. The van der Waals surface area contributed by atoms with Crippen LogP contribution in [-0.4, -0.2) is 22.5 Å². The van der Waals surface area contributed by atoms with E-state index < -0.39 is 60.7 Å². The van der Waals surface area contributed by atoms with E-state index in [9.17, 15) is 13.6 Å². The number of nitrogens with zero attached hydrogens (tertiary/aromatic N) is 2. The van der Waals surface area contributed by atoms with Crippen LogP contribution in [0.5, 0.6) is 0 Å². The number of hydrogen-bond donors (Lipinski definition) is 1. The first kappa shape index (κ1) is 8.29. The Balaban J connectivity index is 2.02. The van der Waals surface area contributed by atoms with Crippen LogP contribution in [0.3, 0.4) is 0 Å². The number of amides is 1. The Morgan fingerprint density at radius 3 is 2.91 bits per heavy atom. The van der Waals surface area contributed by atoms with Crippen molar-refractivity contribution in [1.82, 2.24) is 5.32 Å². The second-order valence-corrected chi connectivity index (χ2v) is 4.83. The van der Waals surface area contributed by atoms with Gasteiger partial charge in [0.2, 0.25) is 11.4 Å². The van der Waals surface area contributed by atoms with Gasteiger partial charge >= 0.3 is 5.84 Å². The summed E-state index contributed by atoms with van der Waals surface area (Å²) in [6.45, 7) is -6.03.